The smallest absolute Gasteiger partial charge is 0.220 e. The fourth-order valence-electron chi connectivity index (χ4n) is 4.72. The molecule has 0 aliphatic carbocycles. The Kier molecular flexibility index (Phi) is 15.1. The van der Waals surface area contributed by atoms with Crippen molar-refractivity contribution in [3.05, 3.63) is 83.9 Å². The largest absolute Gasteiger partial charge is 0.493 e. The Hall–Kier alpha value is -3.53. The molecule has 3 aromatic rings. The lowest BCUT2D eigenvalue weighted by atomic mass is 9.98. The van der Waals surface area contributed by atoms with Crippen molar-refractivity contribution in [3.8, 4) is 16.9 Å². The van der Waals surface area contributed by atoms with Crippen molar-refractivity contribution in [3.63, 3.8) is 0 Å². The van der Waals surface area contributed by atoms with Crippen LogP contribution >= 0.6 is 0 Å². The van der Waals surface area contributed by atoms with Crippen LogP contribution in [0.1, 0.15) is 51.5 Å². The normalized spacial score (nSPS) is 13.2. The van der Waals surface area contributed by atoms with Crippen molar-refractivity contribution >= 4 is 11.6 Å². The van der Waals surface area contributed by atoms with E-state index in [1.807, 2.05) is 18.2 Å². The summed E-state index contributed by atoms with van der Waals surface area (Å²) in [6.07, 6.45) is 3.37. The average Bonchev–Trinajstić information content (AvgIpc) is 3.02. The minimum Gasteiger partial charge on any atom is -0.493 e. The molecule has 4 N–H and O–H groups in total. The van der Waals surface area contributed by atoms with Crippen LogP contribution in [0.3, 0.4) is 0 Å². The number of carbonyl (C=O) groups is 1. The van der Waals surface area contributed by atoms with Gasteiger partial charge in [-0.25, -0.2) is 8.78 Å². The highest BCUT2D eigenvalue weighted by Gasteiger charge is 2.18. The zero-order chi connectivity index (χ0) is 31.7. The molecule has 9 heteroatoms. The molecule has 0 saturated carbocycles. The van der Waals surface area contributed by atoms with Crippen LogP contribution in [-0.2, 0) is 20.9 Å². The average molecular weight is 612 g/mol. The summed E-state index contributed by atoms with van der Waals surface area (Å²) >= 11 is 0. The summed E-state index contributed by atoms with van der Waals surface area (Å²) in [5.41, 5.74) is 9.79. The quantitative estimate of drug-likeness (QED) is 0.123. The van der Waals surface area contributed by atoms with Crippen molar-refractivity contribution in [1.82, 2.24) is 5.32 Å². The number of ether oxygens (including phenoxy) is 3. The Balaban J connectivity index is 1.43. The lowest BCUT2D eigenvalue weighted by Crippen LogP contribution is -2.44. The van der Waals surface area contributed by atoms with Gasteiger partial charge in [-0.05, 0) is 72.4 Å². The minimum absolute atomic E-state index is 0.0106. The van der Waals surface area contributed by atoms with E-state index in [9.17, 15) is 13.6 Å². The van der Waals surface area contributed by atoms with Gasteiger partial charge >= 0.3 is 0 Å². The standard InChI is InChI=1S/C35H47F2N3O4/c1-4-25(2)33(22-39-31-16-14-29(37)15-17-31)40-35(41)8-5-7-30(38)24-43-23-26-9-18-32(27-10-12-28(36)13-11-27)34(21-26)44-20-6-19-42-3/h9-18,21,25,30,33,39H,4-8,19-20,22-24,38H2,1-3H3,(H,40,41)/t25-,30?,33?/m0/s1. The molecule has 0 aliphatic rings. The number of anilines is 1. The third kappa shape index (κ3) is 12.2. The summed E-state index contributed by atoms with van der Waals surface area (Å²) in [6.45, 7) is 6.58. The van der Waals surface area contributed by atoms with E-state index in [4.69, 9.17) is 19.9 Å². The van der Waals surface area contributed by atoms with Gasteiger partial charge in [-0.15, -0.1) is 0 Å². The lowest BCUT2D eigenvalue weighted by molar-refractivity contribution is -0.122. The van der Waals surface area contributed by atoms with Crippen LogP contribution in [0.4, 0.5) is 14.5 Å². The highest BCUT2D eigenvalue weighted by atomic mass is 19.1. The molecular formula is C35H47F2N3O4. The van der Waals surface area contributed by atoms with Crippen molar-refractivity contribution in [2.24, 2.45) is 11.7 Å². The number of hydrogen-bond donors (Lipinski definition) is 3. The molecule has 0 spiro atoms. The summed E-state index contributed by atoms with van der Waals surface area (Å²) in [4.78, 5) is 12.7. The van der Waals surface area contributed by atoms with Gasteiger partial charge in [0.1, 0.15) is 17.4 Å². The van der Waals surface area contributed by atoms with Gasteiger partial charge in [0, 0.05) is 56.4 Å². The molecule has 3 atom stereocenters. The van der Waals surface area contributed by atoms with Gasteiger partial charge in [-0.3, -0.25) is 4.79 Å². The summed E-state index contributed by atoms with van der Waals surface area (Å²) in [5, 5.41) is 6.44. The molecule has 1 amide bonds. The molecule has 0 aromatic heterocycles. The molecule has 2 unspecified atom stereocenters. The van der Waals surface area contributed by atoms with E-state index in [1.54, 1.807) is 31.4 Å². The minimum atomic E-state index is -0.288. The molecule has 7 nitrogen and oxygen atoms in total. The Labute approximate surface area is 260 Å². The number of halogens is 2. The SMILES string of the molecule is CC[C@H](C)C(CNc1ccc(F)cc1)NC(=O)CCCC(N)COCc1ccc(-c2ccc(F)cc2)c(OCCCOC)c1. The molecule has 0 radical (unpaired) electrons. The Bertz CT molecular complexity index is 1260. The van der Waals surface area contributed by atoms with Crippen LogP contribution in [0, 0.1) is 17.6 Å². The molecule has 0 fully saturated rings. The maximum Gasteiger partial charge on any atom is 0.220 e. The Morgan fingerprint density at radius 1 is 0.955 bits per heavy atom. The fourth-order valence-corrected chi connectivity index (χ4v) is 4.72. The van der Waals surface area contributed by atoms with Gasteiger partial charge in [0.15, 0.2) is 0 Å². The Morgan fingerprint density at radius 2 is 1.66 bits per heavy atom. The van der Waals surface area contributed by atoms with Gasteiger partial charge in [0.05, 0.1) is 19.8 Å². The van der Waals surface area contributed by atoms with Crippen LogP contribution in [0.2, 0.25) is 0 Å². The highest BCUT2D eigenvalue weighted by Crippen LogP contribution is 2.32. The van der Waals surface area contributed by atoms with Crippen molar-refractivity contribution in [2.45, 2.75) is 64.6 Å². The third-order valence-electron chi connectivity index (χ3n) is 7.58. The molecular weight excluding hydrogens is 564 g/mol. The number of nitrogens with two attached hydrogens (primary N) is 1. The van der Waals surface area contributed by atoms with Gasteiger partial charge in [-0.1, -0.05) is 44.5 Å². The number of carbonyl (C=O) groups excluding carboxylic acids is 1. The monoisotopic (exact) mass is 611 g/mol. The molecule has 0 heterocycles. The van der Waals surface area contributed by atoms with E-state index in [1.165, 1.54) is 24.3 Å². The van der Waals surface area contributed by atoms with E-state index in [-0.39, 0.29) is 35.5 Å². The van der Waals surface area contributed by atoms with E-state index >= 15 is 0 Å². The predicted molar refractivity (Wildman–Crippen MR) is 172 cm³/mol. The molecule has 3 rings (SSSR count). The molecule has 0 aliphatic heterocycles. The second kappa shape index (κ2) is 19.0. The number of hydrogen-bond acceptors (Lipinski definition) is 6. The summed E-state index contributed by atoms with van der Waals surface area (Å²) in [5.74, 6) is 0.403. The second-order valence-corrected chi connectivity index (χ2v) is 11.1. The molecule has 44 heavy (non-hydrogen) atoms. The zero-order valence-electron chi connectivity index (χ0n) is 26.1. The van der Waals surface area contributed by atoms with E-state index < -0.39 is 0 Å². The first kappa shape index (κ1) is 35.0. The van der Waals surface area contributed by atoms with E-state index in [0.717, 1.165) is 35.2 Å². The van der Waals surface area contributed by atoms with Crippen molar-refractivity contribution in [2.75, 3.05) is 38.8 Å². The van der Waals surface area contributed by atoms with Crippen LogP contribution in [0.15, 0.2) is 66.7 Å². The van der Waals surface area contributed by atoms with Crippen molar-refractivity contribution in [1.29, 1.82) is 0 Å². The summed E-state index contributed by atoms with van der Waals surface area (Å²) in [7, 11) is 1.66. The molecule has 3 aromatic carbocycles. The molecule has 240 valence electrons. The van der Waals surface area contributed by atoms with E-state index in [2.05, 4.69) is 24.5 Å². The predicted octanol–water partition coefficient (Wildman–Crippen LogP) is 6.70. The number of rotatable bonds is 20. The maximum atomic E-state index is 13.5. The number of amides is 1. The Morgan fingerprint density at radius 3 is 2.34 bits per heavy atom. The van der Waals surface area contributed by atoms with Gasteiger partial charge in [0.2, 0.25) is 5.91 Å². The van der Waals surface area contributed by atoms with Crippen LogP contribution in [0.5, 0.6) is 5.75 Å². The van der Waals surface area contributed by atoms with E-state index in [0.29, 0.717) is 58.0 Å². The van der Waals surface area contributed by atoms with Crippen molar-refractivity contribution < 1.29 is 27.8 Å². The number of nitrogens with one attached hydrogen (secondary N) is 2. The maximum absolute atomic E-state index is 13.5. The second-order valence-electron chi connectivity index (χ2n) is 11.1. The van der Waals surface area contributed by atoms with Crippen LogP contribution in [0.25, 0.3) is 11.1 Å². The summed E-state index contributed by atoms with van der Waals surface area (Å²) in [6, 6.07) is 18.2. The number of methoxy groups -OCH3 is 1. The molecule has 0 bridgehead atoms. The third-order valence-corrected chi connectivity index (χ3v) is 7.58. The van der Waals surface area contributed by atoms with Gasteiger partial charge in [0.25, 0.3) is 0 Å². The summed E-state index contributed by atoms with van der Waals surface area (Å²) < 4.78 is 43.7. The van der Waals surface area contributed by atoms with Gasteiger partial charge < -0.3 is 30.6 Å². The zero-order valence-corrected chi connectivity index (χ0v) is 26.1. The topological polar surface area (TPSA) is 94.8 Å². The fraction of sp³-hybridized carbons (Fsp3) is 0.457. The first-order valence-electron chi connectivity index (χ1n) is 15.4. The first-order valence-corrected chi connectivity index (χ1v) is 15.4. The van der Waals surface area contributed by atoms with Crippen LogP contribution < -0.4 is 21.1 Å². The molecule has 0 saturated heterocycles. The highest BCUT2D eigenvalue weighted by molar-refractivity contribution is 5.76. The van der Waals surface area contributed by atoms with Gasteiger partial charge in [-0.2, -0.15) is 0 Å². The first-order chi connectivity index (χ1) is 21.3. The number of benzene rings is 3. The van der Waals surface area contributed by atoms with Crippen LogP contribution in [-0.4, -0.2) is 51.5 Å². The lowest BCUT2D eigenvalue weighted by Gasteiger charge is -2.25.